The Balaban J connectivity index is 2.44. The minimum Gasteiger partial charge on any atom is -0.329 e. The van der Waals surface area contributed by atoms with E-state index in [0.717, 1.165) is 12.8 Å². The lowest BCUT2D eigenvalue weighted by Gasteiger charge is -2.44. The van der Waals surface area contributed by atoms with Gasteiger partial charge in [-0.2, -0.15) is 13.2 Å². The molecule has 0 radical (unpaired) electrons. The Bertz CT molecular complexity index is 243. The molecule has 0 aromatic rings. The highest BCUT2D eigenvalue weighted by Gasteiger charge is 2.31. The predicted molar refractivity (Wildman–Crippen MR) is 67.4 cm³/mol. The third-order valence-corrected chi connectivity index (χ3v) is 3.95. The molecule has 1 fully saturated rings. The van der Waals surface area contributed by atoms with Crippen LogP contribution < -0.4 is 5.73 Å². The fraction of sp³-hybridized carbons (Fsp3) is 1.00. The molecule has 0 amide bonds. The molecule has 1 rings (SSSR count). The number of hydrogen-bond acceptors (Lipinski definition) is 2. The first-order valence-electron chi connectivity index (χ1n) is 6.89. The SMILES string of the molecule is CC1CCCC(CN)N1C(C)CCCC(F)(F)F. The van der Waals surface area contributed by atoms with Gasteiger partial charge in [0.05, 0.1) is 0 Å². The van der Waals surface area contributed by atoms with E-state index in [1.54, 1.807) is 0 Å². The third kappa shape index (κ3) is 4.76. The molecule has 0 saturated carbocycles. The first kappa shape index (κ1) is 15.8. The maximum Gasteiger partial charge on any atom is 0.389 e. The summed E-state index contributed by atoms with van der Waals surface area (Å²) in [7, 11) is 0. The van der Waals surface area contributed by atoms with Crippen molar-refractivity contribution in [2.24, 2.45) is 5.73 Å². The van der Waals surface area contributed by atoms with Gasteiger partial charge in [0, 0.05) is 31.1 Å². The standard InChI is InChI=1S/C13H25F3N2/c1-10-5-3-7-12(9-17)18(10)11(2)6-4-8-13(14,15)16/h10-12H,3-9,17H2,1-2H3. The highest BCUT2D eigenvalue weighted by molar-refractivity contribution is 4.86. The predicted octanol–water partition coefficient (Wildman–Crippen LogP) is 3.31. The third-order valence-electron chi connectivity index (χ3n) is 3.95. The van der Waals surface area contributed by atoms with Crippen molar-refractivity contribution in [3.8, 4) is 0 Å². The number of piperidine rings is 1. The molecule has 0 bridgehead atoms. The van der Waals surface area contributed by atoms with Gasteiger partial charge in [0.25, 0.3) is 0 Å². The molecule has 1 heterocycles. The number of nitrogens with zero attached hydrogens (tertiary/aromatic N) is 1. The van der Waals surface area contributed by atoms with Gasteiger partial charge in [0.1, 0.15) is 0 Å². The second-order valence-corrected chi connectivity index (χ2v) is 5.47. The van der Waals surface area contributed by atoms with Gasteiger partial charge in [-0.05, 0) is 39.5 Å². The summed E-state index contributed by atoms with van der Waals surface area (Å²) in [5.41, 5.74) is 5.77. The molecule has 2 nitrogen and oxygen atoms in total. The fourth-order valence-corrected chi connectivity index (χ4v) is 3.09. The van der Waals surface area contributed by atoms with Crippen molar-refractivity contribution in [2.75, 3.05) is 6.54 Å². The second-order valence-electron chi connectivity index (χ2n) is 5.47. The minimum atomic E-state index is -4.03. The molecule has 5 heteroatoms. The number of likely N-dealkylation sites (tertiary alicyclic amines) is 1. The van der Waals surface area contributed by atoms with Gasteiger partial charge in [0.15, 0.2) is 0 Å². The Morgan fingerprint density at radius 2 is 2.00 bits per heavy atom. The van der Waals surface area contributed by atoms with Gasteiger partial charge in [-0.15, -0.1) is 0 Å². The van der Waals surface area contributed by atoms with Crippen LogP contribution in [0.2, 0.25) is 0 Å². The Hall–Kier alpha value is -0.290. The van der Waals surface area contributed by atoms with E-state index in [0.29, 0.717) is 25.0 Å². The lowest BCUT2D eigenvalue weighted by Crippen LogP contribution is -2.52. The van der Waals surface area contributed by atoms with Gasteiger partial charge >= 0.3 is 6.18 Å². The van der Waals surface area contributed by atoms with Gasteiger partial charge in [-0.25, -0.2) is 0 Å². The maximum absolute atomic E-state index is 12.1. The van der Waals surface area contributed by atoms with E-state index in [2.05, 4.69) is 11.8 Å². The molecule has 0 aromatic carbocycles. The zero-order chi connectivity index (χ0) is 13.8. The maximum atomic E-state index is 12.1. The topological polar surface area (TPSA) is 29.3 Å². The van der Waals surface area contributed by atoms with Gasteiger partial charge in [-0.1, -0.05) is 6.42 Å². The van der Waals surface area contributed by atoms with Gasteiger partial charge < -0.3 is 5.73 Å². The Labute approximate surface area is 108 Å². The summed E-state index contributed by atoms with van der Waals surface area (Å²) in [6.07, 6.45) is -0.516. The summed E-state index contributed by atoms with van der Waals surface area (Å²) in [5, 5.41) is 0. The summed E-state index contributed by atoms with van der Waals surface area (Å²) in [5.74, 6) is 0. The molecule has 108 valence electrons. The molecule has 3 unspecified atom stereocenters. The van der Waals surface area contributed by atoms with Crippen LogP contribution in [0.15, 0.2) is 0 Å². The Morgan fingerprint density at radius 3 is 2.56 bits per heavy atom. The van der Waals surface area contributed by atoms with Crippen molar-refractivity contribution in [1.82, 2.24) is 4.90 Å². The Morgan fingerprint density at radius 1 is 1.33 bits per heavy atom. The smallest absolute Gasteiger partial charge is 0.329 e. The summed E-state index contributed by atoms with van der Waals surface area (Å²) in [6.45, 7) is 4.79. The number of hydrogen-bond donors (Lipinski definition) is 1. The quantitative estimate of drug-likeness (QED) is 0.827. The first-order chi connectivity index (χ1) is 8.35. The van der Waals surface area contributed by atoms with E-state index in [1.807, 2.05) is 6.92 Å². The highest BCUT2D eigenvalue weighted by atomic mass is 19.4. The van der Waals surface area contributed by atoms with E-state index in [1.165, 1.54) is 6.42 Å². The molecule has 18 heavy (non-hydrogen) atoms. The fourth-order valence-electron chi connectivity index (χ4n) is 3.09. The van der Waals surface area contributed by atoms with Crippen LogP contribution in [0.1, 0.15) is 52.4 Å². The van der Waals surface area contributed by atoms with E-state index in [9.17, 15) is 13.2 Å². The average molecular weight is 266 g/mol. The zero-order valence-electron chi connectivity index (χ0n) is 11.3. The number of rotatable bonds is 5. The van der Waals surface area contributed by atoms with Crippen LogP contribution in [0.3, 0.4) is 0 Å². The van der Waals surface area contributed by atoms with Crippen molar-refractivity contribution in [3.63, 3.8) is 0 Å². The van der Waals surface area contributed by atoms with E-state index >= 15 is 0 Å². The molecule has 0 aliphatic carbocycles. The summed E-state index contributed by atoms with van der Waals surface area (Å²) in [6, 6.07) is 0.971. The van der Waals surface area contributed by atoms with Gasteiger partial charge in [0.2, 0.25) is 0 Å². The monoisotopic (exact) mass is 266 g/mol. The zero-order valence-corrected chi connectivity index (χ0v) is 11.3. The molecule has 1 aliphatic rings. The molecular formula is C13H25F3N2. The summed E-state index contributed by atoms with van der Waals surface area (Å²) >= 11 is 0. The van der Waals surface area contributed by atoms with E-state index in [4.69, 9.17) is 5.73 Å². The lowest BCUT2D eigenvalue weighted by atomic mass is 9.93. The van der Waals surface area contributed by atoms with Crippen LogP contribution in [0.5, 0.6) is 0 Å². The molecule has 1 aliphatic heterocycles. The van der Waals surface area contributed by atoms with Crippen LogP contribution in [0.4, 0.5) is 13.2 Å². The van der Waals surface area contributed by atoms with Crippen LogP contribution in [0.25, 0.3) is 0 Å². The van der Waals surface area contributed by atoms with Gasteiger partial charge in [-0.3, -0.25) is 4.90 Å². The summed E-state index contributed by atoms with van der Waals surface area (Å²) in [4.78, 5) is 2.33. The van der Waals surface area contributed by atoms with E-state index < -0.39 is 12.6 Å². The molecule has 1 saturated heterocycles. The van der Waals surface area contributed by atoms with Crippen molar-refractivity contribution < 1.29 is 13.2 Å². The van der Waals surface area contributed by atoms with Crippen molar-refractivity contribution >= 4 is 0 Å². The normalized spacial score (nSPS) is 28.3. The summed E-state index contributed by atoms with van der Waals surface area (Å²) < 4.78 is 36.4. The largest absolute Gasteiger partial charge is 0.389 e. The van der Waals surface area contributed by atoms with Crippen molar-refractivity contribution in [1.29, 1.82) is 0 Å². The highest BCUT2D eigenvalue weighted by Crippen LogP contribution is 2.28. The average Bonchev–Trinajstić information content (AvgIpc) is 2.26. The van der Waals surface area contributed by atoms with E-state index in [-0.39, 0.29) is 12.5 Å². The minimum absolute atomic E-state index is 0.191. The van der Waals surface area contributed by atoms with Crippen LogP contribution >= 0.6 is 0 Å². The first-order valence-corrected chi connectivity index (χ1v) is 6.89. The van der Waals surface area contributed by atoms with Crippen LogP contribution in [-0.2, 0) is 0 Å². The second kappa shape index (κ2) is 6.75. The number of nitrogens with two attached hydrogens (primary N) is 1. The van der Waals surface area contributed by atoms with Crippen molar-refractivity contribution in [2.45, 2.75) is 76.7 Å². The van der Waals surface area contributed by atoms with Crippen molar-refractivity contribution in [3.05, 3.63) is 0 Å². The molecule has 0 aromatic heterocycles. The molecule has 0 spiro atoms. The molecule has 3 atom stereocenters. The number of alkyl halides is 3. The molecule has 2 N–H and O–H groups in total. The Kier molecular flexibility index (Phi) is 5.92. The molecular weight excluding hydrogens is 241 g/mol. The lowest BCUT2D eigenvalue weighted by molar-refractivity contribution is -0.136. The van der Waals surface area contributed by atoms with Crippen LogP contribution in [-0.4, -0.2) is 35.7 Å². The van der Waals surface area contributed by atoms with Crippen LogP contribution in [0, 0.1) is 0 Å². The number of halogens is 3.